The third-order valence-corrected chi connectivity index (χ3v) is 6.26. The van der Waals surface area contributed by atoms with E-state index in [1.807, 2.05) is 0 Å². The van der Waals surface area contributed by atoms with Gasteiger partial charge < -0.3 is 10.0 Å². The second-order valence-electron chi connectivity index (χ2n) is 6.54. The van der Waals surface area contributed by atoms with Crippen molar-refractivity contribution in [2.45, 2.75) is 39.2 Å². The summed E-state index contributed by atoms with van der Waals surface area (Å²) in [4.78, 5) is 2.22. The van der Waals surface area contributed by atoms with E-state index in [-0.39, 0.29) is 17.3 Å². The van der Waals surface area contributed by atoms with Gasteiger partial charge in [0.1, 0.15) is 0 Å². The van der Waals surface area contributed by atoms with Crippen molar-refractivity contribution < 1.29 is 13.5 Å². The minimum absolute atomic E-state index is 0.0165. The van der Waals surface area contributed by atoms with E-state index in [4.69, 9.17) is 0 Å². The van der Waals surface area contributed by atoms with Crippen LogP contribution in [0, 0.1) is 11.3 Å². The maximum Gasteiger partial charge on any atom is 0.151 e. The van der Waals surface area contributed by atoms with Crippen molar-refractivity contribution >= 4 is 9.84 Å². The molecule has 0 aromatic carbocycles. The summed E-state index contributed by atoms with van der Waals surface area (Å²) in [5, 5.41) is 10.3. The minimum Gasteiger partial charge on any atom is -0.392 e. The van der Waals surface area contributed by atoms with Gasteiger partial charge in [-0.2, -0.15) is 0 Å². The molecule has 106 valence electrons. The Labute approximate surface area is 110 Å². The van der Waals surface area contributed by atoms with E-state index < -0.39 is 9.84 Å². The lowest BCUT2D eigenvalue weighted by molar-refractivity contribution is 0.0335. The third kappa shape index (κ3) is 3.25. The Morgan fingerprint density at radius 1 is 1.28 bits per heavy atom. The lowest BCUT2D eigenvalue weighted by Gasteiger charge is -2.29. The van der Waals surface area contributed by atoms with Gasteiger partial charge in [0.2, 0.25) is 0 Å². The second-order valence-corrected chi connectivity index (χ2v) is 8.84. The SMILES string of the molecule is CC1(C)CCC(CN2CCCS(=O)(=O)CC2)C1O. The quantitative estimate of drug-likeness (QED) is 0.813. The molecule has 1 heterocycles. The van der Waals surface area contributed by atoms with Crippen LogP contribution in [0.2, 0.25) is 0 Å². The number of hydrogen-bond acceptors (Lipinski definition) is 4. The molecule has 0 spiro atoms. The van der Waals surface area contributed by atoms with E-state index in [1.165, 1.54) is 0 Å². The highest BCUT2D eigenvalue weighted by atomic mass is 32.2. The van der Waals surface area contributed by atoms with Crippen LogP contribution >= 0.6 is 0 Å². The summed E-state index contributed by atoms with van der Waals surface area (Å²) >= 11 is 0. The minimum atomic E-state index is -2.83. The van der Waals surface area contributed by atoms with Gasteiger partial charge >= 0.3 is 0 Å². The van der Waals surface area contributed by atoms with Crippen LogP contribution in [0.5, 0.6) is 0 Å². The molecule has 2 rings (SSSR count). The molecule has 1 N–H and O–H groups in total. The van der Waals surface area contributed by atoms with Crippen LogP contribution in [0.25, 0.3) is 0 Å². The molecule has 0 amide bonds. The maximum atomic E-state index is 11.5. The fraction of sp³-hybridized carbons (Fsp3) is 1.00. The van der Waals surface area contributed by atoms with Crippen molar-refractivity contribution in [1.29, 1.82) is 0 Å². The molecule has 0 radical (unpaired) electrons. The second kappa shape index (κ2) is 5.10. The predicted octanol–water partition coefficient (Wildman–Crippen LogP) is 0.904. The van der Waals surface area contributed by atoms with Gasteiger partial charge in [0.15, 0.2) is 9.84 Å². The first-order valence-corrected chi connectivity index (χ1v) is 8.73. The van der Waals surface area contributed by atoms with E-state index in [0.29, 0.717) is 18.2 Å². The number of sulfone groups is 1. The number of hydrogen-bond donors (Lipinski definition) is 1. The van der Waals surface area contributed by atoms with Crippen LogP contribution in [0.15, 0.2) is 0 Å². The monoisotopic (exact) mass is 275 g/mol. The number of aliphatic hydroxyl groups is 1. The fourth-order valence-corrected chi connectivity index (χ4v) is 4.51. The van der Waals surface area contributed by atoms with Crippen molar-refractivity contribution in [3.05, 3.63) is 0 Å². The van der Waals surface area contributed by atoms with E-state index in [9.17, 15) is 13.5 Å². The third-order valence-electron chi connectivity index (χ3n) is 4.55. The average molecular weight is 275 g/mol. The van der Waals surface area contributed by atoms with E-state index in [0.717, 1.165) is 32.4 Å². The summed E-state index contributed by atoms with van der Waals surface area (Å²) in [6.45, 7) is 6.56. The summed E-state index contributed by atoms with van der Waals surface area (Å²) in [6.07, 6.45) is 2.59. The molecule has 0 aromatic heterocycles. The highest BCUT2D eigenvalue weighted by molar-refractivity contribution is 7.91. The van der Waals surface area contributed by atoms with Crippen LogP contribution in [0.3, 0.4) is 0 Å². The Balaban J connectivity index is 1.91. The van der Waals surface area contributed by atoms with Crippen molar-refractivity contribution in [2.75, 3.05) is 31.1 Å². The van der Waals surface area contributed by atoms with Gasteiger partial charge in [0.25, 0.3) is 0 Å². The summed E-state index contributed by atoms with van der Waals surface area (Å²) in [5.41, 5.74) is 0.0165. The summed E-state index contributed by atoms with van der Waals surface area (Å²) in [6, 6.07) is 0. The zero-order valence-corrected chi connectivity index (χ0v) is 12.2. The molecule has 1 saturated heterocycles. The standard InChI is InChI=1S/C13H25NO3S/c1-13(2)5-4-11(12(13)15)10-14-6-3-8-18(16,17)9-7-14/h11-12,15H,3-10H2,1-2H3. The van der Waals surface area contributed by atoms with E-state index in [1.54, 1.807) is 0 Å². The molecule has 1 saturated carbocycles. The zero-order chi connectivity index (χ0) is 13.4. The molecule has 18 heavy (non-hydrogen) atoms. The Morgan fingerprint density at radius 3 is 2.61 bits per heavy atom. The summed E-state index contributed by atoms with van der Waals surface area (Å²) in [5.74, 6) is 0.905. The van der Waals surface area contributed by atoms with Crippen molar-refractivity contribution in [3.8, 4) is 0 Å². The van der Waals surface area contributed by atoms with Gasteiger partial charge in [-0.3, -0.25) is 0 Å². The molecular weight excluding hydrogens is 250 g/mol. The molecule has 2 fully saturated rings. The highest BCUT2D eigenvalue weighted by Crippen LogP contribution is 2.41. The molecule has 2 unspecified atom stereocenters. The van der Waals surface area contributed by atoms with Crippen molar-refractivity contribution in [2.24, 2.45) is 11.3 Å². The highest BCUT2D eigenvalue weighted by Gasteiger charge is 2.41. The van der Waals surface area contributed by atoms with Gasteiger partial charge in [-0.05, 0) is 37.1 Å². The predicted molar refractivity (Wildman–Crippen MR) is 72.2 cm³/mol. The largest absolute Gasteiger partial charge is 0.392 e. The first kappa shape index (κ1) is 14.3. The van der Waals surface area contributed by atoms with Gasteiger partial charge in [-0.25, -0.2) is 8.42 Å². The van der Waals surface area contributed by atoms with E-state index >= 15 is 0 Å². The molecule has 0 aromatic rings. The molecule has 2 atom stereocenters. The topological polar surface area (TPSA) is 57.6 Å². The first-order valence-electron chi connectivity index (χ1n) is 6.91. The Bertz CT molecular complexity index is 391. The normalized spacial score (nSPS) is 36.4. The smallest absolute Gasteiger partial charge is 0.151 e. The average Bonchev–Trinajstić information content (AvgIpc) is 2.45. The van der Waals surface area contributed by atoms with Gasteiger partial charge in [-0.1, -0.05) is 13.8 Å². The van der Waals surface area contributed by atoms with Crippen LogP contribution < -0.4 is 0 Å². The Kier molecular flexibility index (Phi) is 4.04. The van der Waals surface area contributed by atoms with Gasteiger partial charge in [-0.15, -0.1) is 0 Å². The van der Waals surface area contributed by atoms with E-state index in [2.05, 4.69) is 18.7 Å². The summed E-state index contributed by atoms with van der Waals surface area (Å²) < 4.78 is 23.1. The van der Waals surface area contributed by atoms with Gasteiger partial charge in [0.05, 0.1) is 17.6 Å². The van der Waals surface area contributed by atoms with Crippen LogP contribution in [0.4, 0.5) is 0 Å². The summed E-state index contributed by atoms with van der Waals surface area (Å²) in [7, 11) is -2.83. The lowest BCUT2D eigenvalue weighted by Crippen LogP contribution is -2.37. The molecule has 1 aliphatic heterocycles. The van der Waals surface area contributed by atoms with Crippen molar-refractivity contribution in [1.82, 2.24) is 4.90 Å². The molecule has 2 aliphatic rings. The molecule has 0 bridgehead atoms. The molecule has 4 nitrogen and oxygen atoms in total. The lowest BCUT2D eigenvalue weighted by atomic mass is 9.87. The Morgan fingerprint density at radius 2 is 2.00 bits per heavy atom. The van der Waals surface area contributed by atoms with Crippen LogP contribution in [-0.4, -0.2) is 55.7 Å². The number of rotatable bonds is 2. The molecular formula is C13H25NO3S. The van der Waals surface area contributed by atoms with Crippen LogP contribution in [-0.2, 0) is 9.84 Å². The Hall–Kier alpha value is -0.130. The number of aliphatic hydroxyl groups excluding tert-OH is 1. The molecule has 1 aliphatic carbocycles. The van der Waals surface area contributed by atoms with Crippen molar-refractivity contribution in [3.63, 3.8) is 0 Å². The fourth-order valence-electron chi connectivity index (χ4n) is 3.20. The molecule has 5 heteroatoms. The zero-order valence-electron chi connectivity index (χ0n) is 11.4. The van der Waals surface area contributed by atoms with Crippen LogP contribution in [0.1, 0.15) is 33.1 Å². The maximum absolute atomic E-state index is 11.5. The number of nitrogens with zero attached hydrogens (tertiary/aromatic N) is 1. The first-order chi connectivity index (χ1) is 8.30. The van der Waals surface area contributed by atoms with Gasteiger partial charge in [0, 0.05) is 13.1 Å².